The highest BCUT2D eigenvalue weighted by Gasteiger charge is 2.40. The lowest BCUT2D eigenvalue weighted by Gasteiger charge is -2.32. The lowest BCUT2D eigenvalue weighted by Crippen LogP contribution is -2.49. The fraction of sp³-hybridized carbons (Fsp3) is 0.733. The minimum absolute atomic E-state index is 0.0234. The van der Waals surface area contributed by atoms with E-state index in [4.69, 9.17) is 14.5 Å². The van der Waals surface area contributed by atoms with Crippen LogP contribution in [-0.2, 0) is 33.0 Å². The molecule has 1 fully saturated rings. The molecule has 0 aromatic rings. The molecule has 0 saturated carbocycles. The lowest BCUT2D eigenvalue weighted by molar-refractivity contribution is -0.165. The molecule has 0 aromatic heterocycles. The van der Waals surface area contributed by atoms with E-state index in [1.807, 2.05) is 0 Å². The van der Waals surface area contributed by atoms with Crippen molar-refractivity contribution in [2.45, 2.75) is 39.2 Å². The first-order valence-corrected chi connectivity index (χ1v) is 11.0. The second-order valence-electron chi connectivity index (χ2n) is 6.73. The van der Waals surface area contributed by atoms with Gasteiger partial charge in [0.15, 0.2) is 11.2 Å². The van der Waals surface area contributed by atoms with Crippen LogP contribution in [0.2, 0.25) is 0 Å². The number of rotatable bonds is 4. The summed E-state index contributed by atoms with van der Waals surface area (Å²) in [6.07, 6.45) is -1.82. The number of hydrogen-bond acceptors (Lipinski definition) is 8. The summed E-state index contributed by atoms with van der Waals surface area (Å²) in [7, 11) is -4.80. The molecular formula is C15H25N2O9PS. The molecule has 1 rings (SSSR count). The number of phosphoric acid groups is 1. The maximum Gasteiger partial charge on any atom is 0.469 e. The maximum absolute atomic E-state index is 12.5. The van der Waals surface area contributed by atoms with Gasteiger partial charge in [-0.1, -0.05) is 25.6 Å². The zero-order chi connectivity index (χ0) is 21.4. The van der Waals surface area contributed by atoms with E-state index in [1.165, 1.54) is 13.8 Å². The summed E-state index contributed by atoms with van der Waals surface area (Å²) in [5, 5.41) is 4.81. The Morgan fingerprint density at radius 2 is 1.82 bits per heavy atom. The van der Waals surface area contributed by atoms with E-state index >= 15 is 0 Å². The normalized spacial score (nSPS) is 21.8. The molecular weight excluding hydrogens is 415 g/mol. The Hall–Kier alpha value is -1.46. The quantitative estimate of drug-likeness (QED) is 0.337. The van der Waals surface area contributed by atoms with Gasteiger partial charge < -0.3 is 25.2 Å². The third-order valence-electron chi connectivity index (χ3n) is 3.67. The van der Waals surface area contributed by atoms with Gasteiger partial charge in [-0.25, -0.2) is 4.57 Å². The van der Waals surface area contributed by atoms with Crippen molar-refractivity contribution in [3.63, 3.8) is 0 Å². The molecule has 28 heavy (non-hydrogen) atoms. The van der Waals surface area contributed by atoms with Crippen molar-refractivity contribution < 1.29 is 42.8 Å². The van der Waals surface area contributed by atoms with Gasteiger partial charge in [-0.3, -0.25) is 23.7 Å². The van der Waals surface area contributed by atoms with E-state index in [9.17, 15) is 23.7 Å². The number of ether oxygens (including phenoxy) is 1. The van der Waals surface area contributed by atoms with Crippen LogP contribution in [0.3, 0.4) is 0 Å². The van der Waals surface area contributed by atoms with Gasteiger partial charge in [0.2, 0.25) is 5.91 Å². The summed E-state index contributed by atoms with van der Waals surface area (Å²) < 4.78 is 20.6. The third-order valence-corrected chi connectivity index (χ3v) is 5.07. The summed E-state index contributed by atoms with van der Waals surface area (Å²) in [5.41, 5.74) is -1.30. The van der Waals surface area contributed by atoms with Crippen LogP contribution in [-0.4, -0.2) is 64.2 Å². The highest BCUT2D eigenvalue weighted by Crippen LogP contribution is 2.39. The molecule has 4 N–H and O–H groups in total. The molecule has 11 nitrogen and oxygen atoms in total. The Kier molecular flexibility index (Phi) is 9.58. The minimum atomic E-state index is -4.80. The van der Waals surface area contributed by atoms with Crippen LogP contribution < -0.4 is 10.6 Å². The Morgan fingerprint density at radius 1 is 1.14 bits per heavy atom. The van der Waals surface area contributed by atoms with E-state index < -0.39 is 37.8 Å². The topological polar surface area (TPSA) is 168 Å². The Labute approximate surface area is 166 Å². The van der Waals surface area contributed by atoms with E-state index in [0.29, 0.717) is 5.75 Å². The van der Waals surface area contributed by atoms with Gasteiger partial charge in [-0.2, -0.15) is 0 Å². The number of esters is 1. The molecule has 1 aliphatic rings. The van der Waals surface area contributed by atoms with Gasteiger partial charge in [0.1, 0.15) is 0 Å². The van der Waals surface area contributed by atoms with Gasteiger partial charge in [0, 0.05) is 37.1 Å². The number of carbonyl (C=O) groups is 4. The molecule has 1 aliphatic heterocycles. The van der Waals surface area contributed by atoms with Crippen LogP contribution in [0.15, 0.2) is 0 Å². The maximum atomic E-state index is 12.5. The highest BCUT2D eigenvalue weighted by atomic mass is 32.2. The zero-order valence-electron chi connectivity index (χ0n) is 15.6. The van der Waals surface area contributed by atoms with Crippen LogP contribution in [0.4, 0.5) is 0 Å². The predicted molar refractivity (Wildman–Crippen MR) is 99.0 cm³/mol. The largest absolute Gasteiger partial charge is 0.469 e. The van der Waals surface area contributed by atoms with Crippen molar-refractivity contribution in [2.75, 3.05) is 25.4 Å². The van der Waals surface area contributed by atoms with Crippen LogP contribution >= 0.6 is 19.6 Å². The monoisotopic (exact) mass is 440 g/mol. The molecule has 1 heterocycles. The number of phosphoric ester groups is 1. The van der Waals surface area contributed by atoms with Crippen LogP contribution in [0.25, 0.3) is 0 Å². The van der Waals surface area contributed by atoms with Crippen molar-refractivity contribution in [1.82, 2.24) is 10.6 Å². The van der Waals surface area contributed by atoms with E-state index in [0.717, 1.165) is 11.8 Å². The standard InChI is InChI=1S/C15H25N2O9PS/c1-15(2,9-25-27(22,23)24)13-14(21)17-6-5-10(18)16-7-8-28-12(20)4-3-11(19)26-13/h13H,3-9H2,1-2H3,(H,16,18)(H,17,21)(H2,22,23,24)/t13-/m0/s1. The second-order valence-corrected chi connectivity index (χ2v) is 9.13. The van der Waals surface area contributed by atoms with Gasteiger partial charge in [-0.05, 0) is 0 Å². The average Bonchev–Trinajstić information content (AvgIpc) is 2.58. The van der Waals surface area contributed by atoms with Crippen molar-refractivity contribution >= 4 is 42.5 Å². The summed E-state index contributed by atoms with van der Waals surface area (Å²) in [4.78, 5) is 65.8. The molecule has 13 heteroatoms. The summed E-state index contributed by atoms with van der Waals surface area (Å²) in [6, 6.07) is 0. The molecule has 0 spiro atoms. The Morgan fingerprint density at radius 3 is 2.46 bits per heavy atom. The smallest absolute Gasteiger partial charge is 0.452 e. The zero-order valence-corrected chi connectivity index (χ0v) is 17.3. The SMILES string of the molecule is CC(C)(COP(=O)(O)O)[C@H]1OC(=O)CCC(=O)SCCNC(=O)CCNC1=O. The molecule has 2 amide bonds. The first-order valence-electron chi connectivity index (χ1n) is 8.50. The van der Waals surface area contributed by atoms with Crippen molar-refractivity contribution in [1.29, 1.82) is 0 Å². The highest BCUT2D eigenvalue weighted by molar-refractivity contribution is 8.13. The molecule has 160 valence electrons. The van der Waals surface area contributed by atoms with Gasteiger partial charge in [0.05, 0.1) is 13.0 Å². The Balaban J connectivity index is 2.93. The number of carbonyl (C=O) groups excluding carboxylic acids is 4. The number of amides is 2. The number of thioether (sulfide) groups is 1. The van der Waals surface area contributed by atoms with Crippen molar-refractivity contribution in [3.05, 3.63) is 0 Å². The lowest BCUT2D eigenvalue weighted by atomic mass is 9.86. The molecule has 0 aromatic carbocycles. The fourth-order valence-electron chi connectivity index (χ4n) is 2.20. The number of hydrogen-bond donors (Lipinski definition) is 4. The van der Waals surface area contributed by atoms with E-state index in [1.54, 1.807) is 0 Å². The molecule has 1 saturated heterocycles. The predicted octanol–water partition coefficient (Wildman–Crippen LogP) is -0.290. The minimum Gasteiger partial charge on any atom is -0.452 e. The van der Waals surface area contributed by atoms with Crippen LogP contribution in [0.5, 0.6) is 0 Å². The second kappa shape index (κ2) is 10.9. The Bertz CT molecular complexity index is 649. The molecule has 1 atom stereocenters. The molecule has 0 aliphatic carbocycles. The first kappa shape index (κ1) is 24.6. The third kappa shape index (κ3) is 9.65. The first-order chi connectivity index (χ1) is 12.9. The van der Waals surface area contributed by atoms with Crippen LogP contribution in [0.1, 0.15) is 33.1 Å². The van der Waals surface area contributed by atoms with Crippen LogP contribution in [0, 0.1) is 5.41 Å². The van der Waals surface area contributed by atoms with Gasteiger partial charge in [0.25, 0.3) is 5.91 Å². The molecule has 0 unspecified atom stereocenters. The van der Waals surface area contributed by atoms with E-state index in [-0.39, 0.29) is 43.4 Å². The fourth-order valence-corrected chi connectivity index (χ4v) is 3.38. The van der Waals surface area contributed by atoms with Crippen molar-refractivity contribution in [2.24, 2.45) is 5.41 Å². The van der Waals surface area contributed by atoms with Gasteiger partial charge in [-0.15, -0.1) is 0 Å². The summed E-state index contributed by atoms with van der Waals surface area (Å²) in [6.45, 7) is 2.55. The van der Waals surface area contributed by atoms with E-state index in [2.05, 4.69) is 15.2 Å². The molecule has 0 radical (unpaired) electrons. The summed E-state index contributed by atoms with van der Waals surface area (Å²) in [5.74, 6) is -1.50. The average molecular weight is 440 g/mol. The van der Waals surface area contributed by atoms with Crippen molar-refractivity contribution in [3.8, 4) is 0 Å². The molecule has 0 bridgehead atoms. The van der Waals surface area contributed by atoms with Gasteiger partial charge >= 0.3 is 13.8 Å². The number of nitrogens with one attached hydrogen (secondary N) is 2. The summed E-state index contributed by atoms with van der Waals surface area (Å²) >= 11 is 0.979. The number of cyclic esters (lactones) is 1.